The molecule has 29 heavy (non-hydrogen) atoms. The molecule has 0 aromatic heterocycles. The van der Waals surface area contributed by atoms with Crippen LogP contribution in [0.3, 0.4) is 0 Å². The van der Waals surface area contributed by atoms with E-state index in [1.54, 1.807) is 0 Å². The molecule has 2 saturated heterocycles. The van der Waals surface area contributed by atoms with Crippen LogP contribution in [0, 0.1) is 11.7 Å². The highest BCUT2D eigenvalue weighted by Gasteiger charge is 2.23. The molecule has 160 valence electrons. The van der Waals surface area contributed by atoms with Crippen molar-refractivity contribution < 1.29 is 18.7 Å². The molecule has 1 N–H and O–H groups in total. The number of halogens is 1. The molecule has 2 heterocycles. The van der Waals surface area contributed by atoms with Gasteiger partial charge in [-0.25, -0.2) is 4.39 Å². The second-order valence-corrected chi connectivity index (χ2v) is 8.60. The van der Waals surface area contributed by atoms with Crippen molar-refractivity contribution in [2.75, 3.05) is 62.8 Å². The fraction of sp³-hybridized carbons (Fsp3) is 0.619. The molecule has 0 saturated carbocycles. The summed E-state index contributed by atoms with van der Waals surface area (Å²) >= 11 is 1.32. The normalized spacial score (nSPS) is 18.6. The van der Waals surface area contributed by atoms with Gasteiger partial charge in [-0.1, -0.05) is 0 Å². The summed E-state index contributed by atoms with van der Waals surface area (Å²) in [6.07, 6.45) is 3.32. The highest BCUT2D eigenvalue weighted by molar-refractivity contribution is 8.00. The van der Waals surface area contributed by atoms with E-state index in [0.717, 1.165) is 58.8 Å². The maximum Gasteiger partial charge on any atom is 0.234 e. The standard InChI is InChI=1S/C21H30FN3O3S/c22-18-1-3-19(4-2-18)23-20(26)15-29-16-21(27)25-9-6-17(7-10-25)5-8-24-11-13-28-14-12-24/h1-4,17H,5-16H2,(H,23,26). The van der Waals surface area contributed by atoms with Gasteiger partial charge in [-0.15, -0.1) is 11.8 Å². The van der Waals surface area contributed by atoms with Gasteiger partial charge in [-0.05, 0) is 56.0 Å². The van der Waals surface area contributed by atoms with Crippen molar-refractivity contribution in [2.24, 2.45) is 5.92 Å². The zero-order chi connectivity index (χ0) is 20.5. The van der Waals surface area contributed by atoms with Crippen LogP contribution in [0.2, 0.25) is 0 Å². The summed E-state index contributed by atoms with van der Waals surface area (Å²) in [6.45, 7) is 6.50. The van der Waals surface area contributed by atoms with Gasteiger partial charge in [0.05, 0.1) is 24.7 Å². The summed E-state index contributed by atoms with van der Waals surface area (Å²) in [5, 5.41) is 2.71. The highest BCUT2D eigenvalue weighted by Crippen LogP contribution is 2.22. The molecule has 3 rings (SSSR count). The number of piperidine rings is 1. The van der Waals surface area contributed by atoms with E-state index in [1.807, 2.05) is 4.90 Å². The summed E-state index contributed by atoms with van der Waals surface area (Å²) < 4.78 is 18.3. The molecule has 0 unspecified atom stereocenters. The highest BCUT2D eigenvalue weighted by atomic mass is 32.2. The van der Waals surface area contributed by atoms with Crippen LogP contribution in [0.25, 0.3) is 0 Å². The molecule has 0 aliphatic carbocycles. The maximum atomic E-state index is 12.9. The fourth-order valence-electron chi connectivity index (χ4n) is 3.71. The Morgan fingerprint density at radius 3 is 2.45 bits per heavy atom. The number of carbonyl (C=O) groups is 2. The van der Waals surface area contributed by atoms with Gasteiger partial charge in [0, 0.05) is 31.9 Å². The Morgan fingerprint density at radius 2 is 1.76 bits per heavy atom. The molecular formula is C21H30FN3O3S. The molecular weight excluding hydrogens is 393 g/mol. The van der Waals surface area contributed by atoms with E-state index in [-0.39, 0.29) is 23.4 Å². The number of morpholine rings is 1. The second-order valence-electron chi connectivity index (χ2n) is 7.61. The zero-order valence-corrected chi connectivity index (χ0v) is 17.6. The minimum Gasteiger partial charge on any atom is -0.379 e. The Morgan fingerprint density at radius 1 is 1.07 bits per heavy atom. The number of carbonyl (C=O) groups excluding carboxylic acids is 2. The molecule has 1 aromatic carbocycles. The smallest absolute Gasteiger partial charge is 0.234 e. The Balaban J connectivity index is 1.27. The second kappa shape index (κ2) is 11.5. The van der Waals surface area contributed by atoms with Crippen LogP contribution in [0.5, 0.6) is 0 Å². The van der Waals surface area contributed by atoms with Crippen LogP contribution < -0.4 is 5.32 Å². The van der Waals surface area contributed by atoms with E-state index in [9.17, 15) is 14.0 Å². The molecule has 2 aliphatic heterocycles. The van der Waals surface area contributed by atoms with Crippen molar-refractivity contribution in [3.05, 3.63) is 30.1 Å². The Hall–Kier alpha value is -1.64. The zero-order valence-electron chi connectivity index (χ0n) is 16.8. The van der Waals surface area contributed by atoms with Crippen LogP contribution in [-0.2, 0) is 14.3 Å². The van der Waals surface area contributed by atoms with Gasteiger partial charge < -0.3 is 15.0 Å². The van der Waals surface area contributed by atoms with E-state index < -0.39 is 0 Å². The molecule has 2 aliphatic rings. The average molecular weight is 424 g/mol. The first-order valence-electron chi connectivity index (χ1n) is 10.3. The lowest BCUT2D eigenvalue weighted by Crippen LogP contribution is -2.41. The molecule has 2 amide bonds. The van der Waals surface area contributed by atoms with Gasteiger partial charge >= 0.3 is 0 Å². The topological polar surface area (TPSA) is 61.9 Å². The molecule has 0 radical (unpaired) electrons. The van der Waals surface area contributed by atoms with Gasteiger partial charge in [0.15, 0.2) is 0 Å². The Bertz CT molecular complexity index is 660. The van der Waals surface area contributed by atoms with Crippen LogP contribution in [0.15, 0.2) is 24.3 Å². The first-order chi connectivity index (χ1) is 14.1. The number of hydrogen-bond donors (Lipinski definition) is 1. The third kappa shape index (κ3) is 7.60. The number of benzene rings is 1. The number of hydrogen-bond acceptors (Lipinski definition) is 5. The first kappa shape index (κ1) is 22.1. The fourth-order valence-corrected chi connectivity index (χ4v) is 4.43. The quantitative estimate of drug-likeness (QED) is 0.696. The molecule has 6 nitrogen and oxygen atoms in total. The number of nitrogens with zero attached hydrogens (tertiary/aromatic N) is 2. The van der Waals surface area contributed by atoms with Crippen LogP contribution >= 0.6 is 11.8 Å². The Labute approximate surface area is 176 Å². The van der Waals surface area contributed by atoms with Gasteiger partial charge in [-0.3, -0.25) is 14.5 Å². The predicted molar refractivity (Wildman–Crippen MR) is 114 cm³/mol. The van der Waals surface area contributed by atoms with Crippen molar-refractivity contribution >= 4 is 29.3 Å². The summed E-state index contributed by atoms with van der Waals surface area (Å²) in [5.41, 5.74) is 0.558. The first-order valence-corrected chi connectivity index (χ1v) is 11.5. The SMILES string of the molecule is O=C(CSCC(=O)N1CCC(CCN2CCOCC2)CC1)Nc1ccc(F)cc1. The molecule has 0 bridgehead atoms. The van der Waals surface area contributed by atoms with Crippen molar-refractivity contribution in [3.63, 3.8) is 0 Å². The van der Waals surface area contributed by atoms with Crippen molar-refractivity contribution in [1.82, 2.24) is 9.80 Å². The lowest BCUT2D eigenvalue weighted by Gasteiger charge is -2.34. The number of amides is 2. The van der Waals surface area contributed by atoms with Crippen LogP contribution in [0.1, 0.15) is 19.3 Å². The van der Waals surface area contributed by atoms with E-state index >= 15 is 0 Å². The van der Waals surface area contributed by atoms with Gasteiger partial charge in [0.2, 0.25) is 11.8 Å². The lowest BCUT2D eigenvalue weighted by atomic mass is 9.93. The van der Waals surface area contributed by atoms with E-state index in [4.69, 9.17) is 4.74 Å². The largest absolute Gasteiger partial charge is 0.379 e. The minimum absolute atomic E-state index is 0.108. The number of thioether (sulfide) groups is 1. The summed E-state index contributed by atoms with van der Waals surface area (Å²) in [5.74, 6) is 0.797. The van der Waals surface area contributed by atoms with Crippen LogP contribution in [-0.4, -0.2) is 79.1 Å². The molecule has 0 atom stereocenters. The Kier molecular flexibility index (Phi) is 8.76. The summed E-state index contributed by atoms with van der Waals surface area (Å²) in [7, 11) is 0. The van der Waals surface area contributed by atoms with E-state index in [0.29, 0.717) is 17.4 Å². The van der Waals surface area contributed by atoms with E-state index in [1.165, 1.54) is 42.4 Å². The summed E-state index contributed by atoms with van der Waals surface area (Å²) in [4.78, 5) is 28.7. The molecule has 0 spiro atoms. The van der Waals surface area contributed by atoms with Gasteiger partial charge in [0.1, 0.15) is 5.82 Å². The maximum absolute atomic E-state index is 12.9. The predicted octanol–water partition coefficient (Wildman–Crippen LogP) is 2.46. The lowest BCUT2D eigenvalue weighted by molar-refractivity contribution is -0.129. The monoisotopic (exact) mass is 423 g/mol. The third-order valence-electron chi connectivity index (χ3n) is 5.51. The number of rotatable bonds is 8. The van der Waals surface area contributed by atoms with Crippen molar-refractivity contribution in [1.29, 1.82) is 0 Å². The molecule has 1 aromatic rings. The molecule has 8 heteroatoms. The number of likely N-dealkylation sites (tertiary alicyclic amines) is 1. The van der Waals surface area contributed by atoms with Gasteiger partial charge in [-0.2, -0.15) is 0 Å². The number of nitrogens with one attached hydrogen (secondary N) is 1. The van der Waals surface area contributed by atoms with Crippen molar-refractivity contribution in [3.8, 4) is 0 Å². The van der Waals surface area contributed by atoms with Crippen molar-refractivity contribution in [2.45, 2.75) is 19.3 Å². The van der Waals surface area contributed by atoms with Crippen LogP contribution in [0.4, 0.5) is 10.1 Å². The number of ether oxygens (including phenoxy) is 1. The van der Waals surface area contributed by atoms with Gasteiger partial charge in [0.25, 0.3) is 0 Å². The minimum atomic E-state index is -0.340. The number of anilines is 1. The summed E-state index contributed by atoms with van der Waals surface area (Å²) in [6, 6.07) is 5.65. The molecule has 2 fully saturated rings. The van der Waals surface area contributed by atoms with E-state index in [2.05, 4.69) is 10.2 Å². The third-order valence-corrected chi connectivity index (χ3v) is 6.43. The average Bonchev–Trinajstić information content (AvgIpc) is 2.75.